The van der Waals surface area contributed by atoms with E-state index in [1.807, 2.05) is 0 Å². The van der Waals surface area contributed by atoms with E-state index >= 15 is 0 Å². The zero-order valence-electron chi connectivity index (χ0n) is 6.97. The number of amides is 2. The van der Waals surface area contributed by atoms with E-state index in [0.29, 0.717) is 6.54 Å². The molecule has 0 aromatic heterocycles. The van der Waals surface area contributed by atoms with E-state index in [1.165, 1.54) is 5.01 Å². The first-order chi connectivity index (χ1) is 5.07. The monoisotopic (exact) mass is 159 g/mol. The fraction of sp³-hybridized carbons (Fsp3) is 0.667. The van der Waals surface area contributed by atoms with Gasteiger partial charge in [0.15, 0.2) is 0 Å². The van der Waals surface area contributed by atoms with Gasteiger partial charge in [-0.1, -0.05) is 0 Å². The van der Waals surface area contributed by atoms with Crippen LogP contribution in [0.5, 0.6) is 0 Å². The van der Waals surface area contributed by atoms with E-state index < -0.39 is 11.8 Å². The molecule has 0 heterocycles. The fourth-order valence-corrected chi connectivity index (χ4v) is 0.495. The van der Waals surface area contributed by atoms with Crippen molar-refractivity contribution in [2.24, 2.45) is 0 Å². The molecule has 5 heteroatoms. The van der Waals surface area contributed by atoms with Crippen molar-refractivity contribution in [1.29, 1.82) is 0 Å². The molecule has 64 valence electrons. The first-order valence-corrected chi connectivity index (χ1v) is 3.34. The summed E-state index contributed by atoms with van der Waals surface area (Å²) in [6.07, 6.45) is 0. The highest BCUT2D eigenvalue weighted by Gasteiger charge is 2.11. The van der Waals surface area contributed by atoms with Gasteiger partial charge in [0.1, 0.15) is 0 Å². The molecule has 0 fully saturated rings. The summed E-state index contributed by atoms with van der Waals surface area (Å²) in [6.45, 7) is 2.21. The highest BCUT2D eigenvalue weighted by atomic mass is 16.2. The molecule has 11 heavy (non-hydrogen) atoms. The largest absolute Gasteiger partial charge is 0.348 e. The highest BCUT2D eigenvalue weighted by molar-refractivity contribution is 6.34. The van der Waals surface area contributed by atoms with E-state index in [-0.39, 0.29) is 0 Å². The quantitative estimate of drug-likeness (QED) is 0.389. The molecule has 5 nitrogen and oxygen atoms in total. The minimum Gasteiger partial charge on any atom is -0.348 e. The summed E-state index contributed by atoms with van der Waals surface area (Å²) in [7, 11) is 3.27. The molecular formula is C6H13N3O2. The molecule has 0 aliphatic heterocycles. The Hall–Kier alpha value is -1.10. The van der Waals surface area contributed by atoms with E-state index in [9.17, 15) is 9.59 Å². The maximum Gasteiger partial charge on any atom is 0.323 e. The van der Waals surface area contributed by atoms with Gasteiger partial charge in [-0.3, -0.25) is 15.0 Å². The molecule has 0 radical (unpaired) electrons. The van der Waals surface area contributed by atoms with E-state index in [0.717, 1.165) is 0 Å². The highest BCUT2D eigenvalue weighted by Crippen LogP contribution is 1.69. The predicted molar refractivity (Wildman–Crippen MR) is 40.5 cm³/mol. The van der Waals surface area contributed by atoms with Crippen molar-refractivity contribution in [3.63, 3.8) is 0 Å². The van der Waals surface area contributed by atoms with Crippen molar-refractivity contribution in [2.75, 3.05) is 20.6 Å². The molecule has 0 saturated heterocycles. The number of carbonyl (C=O) groups is 2. The Kier molecular flexibility index (Phi) is 4.21. The van der Waals surface area contributed by atoms with E-state index in [4.69, 9.17) is 0 Å². The second-order valence-electron chi connectivity index (χ2n) is 2.19. The third-order valence-electron chi connectivity index (χ3n) is 0.869. The normalized spacial score (nSPS) is 9.45. The average molecular weight is 159 g/mol. The Morgan fingerprint density at radius 1 is 1.27 bits per heavy atom. The van der Waals surface area contributed by atoms with Crippen LogP contribution in [0.3, 0.4) is 0 Å². The minimum atomic E-state index is -0.642. The molecule has 0 spiro atoms. The second-order valence-corrected chi connectivity index (χ2v) is 2.19. The number of hydrazine groups is 1. The number of hydrogen-bond acceptors (Lipinski definition) is 3. The van der Waals surface area contributed by atoms with E-state index in [2.05, 4.69) is 10.7 Å². The molecular weight excluding hydrogens is 146 g/mol. The van der Waals surface area contributed by atoms with Crippen LogP contribution in [-0.4, -0.2) is 37.5 Å². The summed E-state index contributed by atoms with van der Waals surface area (Å²) in [6, 6.07) is 0. The summed E-state index contributed by atoms with van der Waals surface area (Å²) in [5.41, 5.74) is 2.31. The van der Waals surface area contributed by atoms with Crippen LogP contribution in [0, 0.1) is 0 Å². The minimum absolute atomic E-state index is 0.458. The number of nitrogens with zero attached hydrogens (tertiary/aromatic N) is 1. The standard InChI is InChI=1S/C6H13N3O2/c1-4-7-5(10)6(11)8-9(2)3/h4H2,1-3H3,(H,7,10)(H,8,11). The van der Waals surface area contributed by atoms with Crippen LogP contribution in [-0.2, 0) is 9.59 Å². The Balaban J connectivity index is 3.74. The molecule has 0 saturated carbocycles. The molecule has 0 aromatic rings. The second kappa shape index (κ2) is 4.68. The zero-order chi connectivity index (χ0) is 8.85. The Bertz CT molecular complexity index is 156. The first-order valence-electron chi connectivity index (χ1n) is 3.34. The number of rotatable bonds is 2. The van der Waals surface area contributed by atoms with Crippen molar-refractivity contribution in [3.05, 3.63) is 0 Å². The third kappa shape index (κ3) is 4.32. The molecule has 0 rings (SSSR count). The number of hydrogen-bond donors (Lipinski definition) is 2. The van der Waals surface area contributed by atoms with Crippen molar-refractivity contribution >= 4 is 11.8 Å². The van der Waals surface area contributed by atoms with Crippen molar-refractivity contribution in [1.82, 2.24) is 15.8 Å². The smallest absolute Gasteiger partial charge is 0.323 e. The summed E-state index contributed by atoms with van der Waals surface area (Å²) >= 11 is 0. The lowest BCUT2D eigenvalue weighted by Gasteiger charge is -2.10. The van der Waals surface area contributed by atoms with Gasteiger partial charge in [0.2, 0.25) is 0 Å². The average Bonchev–Trinajstić information content (AvgIpc) is 1.86. The zero-order valence-corrected chi connectivity index (χ0v) is 6.97. The van der Waals surface area contributed by atoms with Crippen LogP contribution in [0.2, 0.25) is 0 Å². The molecule has 0 unspecified atom stereocenters. The Labute approximate surface area is 65.7 Å². The van der Waals surface area contributed by atoms with Gasteiger partial charge in [0.05, 0.1) is 0 Å². The van der Waals surface area contributed by atoms with Crippen LogP contribution >= 0.6 is 0 Å². The summed E-state index contributed by atoms with van der Waals surface area (Å²) in [5.74, 6) is -1.25. The maximum atomic E-state index is 10.8. The summed E-state index contributed by atoms with van der Waals surface area (Å²) in [5, 5.41) is 3.79. The molecule has 0 aromatic carbocycles. The van der Waals surface area contributed by atoms with Gasteiger partial charge >= 0.3 is 11.8 Å². The maximum absolute atomic E-state index is 10.8. The molecule has 2 amide bonds. The lowest BCUT2D eigenvalue weighted by molar-refractivity contribution is -0.141. The molecule has 2 N–H and O–H groups in total. The van der Waals surface area contributed by atoms with Crippen molar-refractivity contribution in [2.45, 2.75) is 6.92 Å². The van der Waals surface area contributed by atoms with E-state index in [1.54, 1.807) is 21.0 Å². The van der Waals surface area contributed by atoms with Gasteiger partial charge in [0.25, 0.3) is 0 Å². The van der Waals surface area contributed by atoms with Crippen LogP contribution < -0.4 is 10.7 Å². The van der Waals surface area contributed by atoms with Crippen molar-refractivity contribution < 1.29 is 9.59 Å². The molecule has 0 aliphatic carbocycles. The SMILES string of the molecule is CCNC(=O)C(=O)NN(C)C. The number of carbonyl (C=O) groups excluding carboxylic acids is 2. The van der Waals surface area contributed by atoms with Gasteiger partial charge in [-0.25, -0.2) is 5.01 Å². The fourth-order valence-electron chi connectivity index (χ4n) is 0.495. The predicted octanol–water partition coefficient (Wildman–Crippen LogP) is -1.28. The third-order valence-corrected chi connectivity index (χ3v) is 0.869. The summed E-state index contributed by atoms with van der Waals surface area (Å²) in [4.78, 5) is 21.5. The van der Waals surface area contributed by atoms with Gasteiger partial charge in [-0.15, -0.1) is 0 Å². The number of nitrogens with one attached hydrogen (secondary N) is 2. The van der Waals surface area contributed by atoms with Crippen LogP contribution in [0.25, 0.3) is 0 Å². The van der Waals surface area contributed by atoms with Crippen LogP contribution in [0.4, 0.5) is 0 Å². The van der Waals surface area contributed by atoms with Gasteiger partial charge in [0, 0.05) is 20.6 Å². The Morgan fingerprint density at radius 2 is 1.82 bits per heavy atom. The first kappa shape index (κ1) is 9.90. The van der Waals surface area contributed by atoms with Crippen LogP contribution in [0.1, 0.15) is 6.92 Å². The van der Waals surface area contributed by atoms with Crippen molar-refractivity contribution in [3.8, 4) is 0 Å². The number of likely N-dealkylation sites (N-methyl/N-ethyl adjacent to an activating group) is 1. The molecule has 0 aliphatic rings. The summed E-state index contributed by atoms with van der Waals surface area (Å²) < 4.78 is 0. The molecule has 0 bridgehead atoms. The van der Waals surface area contributed by atoms with Gasteiger partial charge < -0.3 is 5.32 Å². The van der Waals surface area contributed by atoms with Crippen LogP contribution in [0.15, 0.2) is 0 Å². The molecule has 0 atom stereocenters. The lowest BCUT2D eigenvalue weighted by atomic mass is 10.5. The Morgan fingerprint density at radius 3 is 2.18 bits per heavy atom. The lowest BCUT2D eigenvalue weighted by Crippen LogP contribution is -2.45. The topological polar surface area (TPSA) is 61.4 Å². The van der Waals surface area contributed by atoms with Gasteiger partial charge in [-0.05, 0) is 6.92 Å². The van der Waals surface area contributed by atoms with Gasteiger partial charge in [-0.2, -0.15) is 0 Å².